The molecule has 2 aliphatic rings. The predicted octanol–water partition coefficient (Wildman–Crippen LogP) is 1.10. The fourth-order valence-electron chi connectivity index (χ4n) is 2.53. The Morgan fingerprint density at radius 2 is 2.33 bits per heavy atom. The minimum Gasteiger partial charge on any atom is -0.377 e. The van der Waals surface area contributed by atoms with Crippen LogP contribution in [0.2, 0.25) is 0 Å². The van der Waals surface area contributed by atoms with E-state index in [0.717, 1.165) is 25.6 Å². The Bertz CT molecular complexity index is 180. The smallest absolute Gasteiger partial charge is 0.0700 e. The Balaban J connectivity index is 1.48. The van der Waals surface area contributed by atoms with Crippen molar-refractivity contribution in [1.82, 2.24) is 10.2 Å². The van der Waals surface area contributed by atoms with Crippen LogP contribution < -0.4 is 5.32 Å². The minimum atomic E-state index is 0.488. The summed E-state index contributed by atoms with van der Waals surface area (Å²) >= 11 is 0. The lowest BCUT2D eigenvalue weighted by Gasteiger charge is -2.16. The second kappa shape index (κ2) is 5.83. The van der Waals surface area contributed by atoms with Crippen molar-refractivity contribution < 1.29 is 4.74 Å². The molecule has 15 heavy (non-hydrogen) atoms. The lowest BCUT2D eigenvalue weighted by molar-refractivity contribution is 0.109. The van der Waals surface area contributed by atoms with Crippen molar-refractivity contribution >= 4 is 0 Å². The molecule has 2 unspecified atom stereocenters. The molecule has 0 saturated carbocycles. The van der Waals surface area contributed by atoms with Crippen LogP contribution in [0.15, 0.2) is 0 Å². The summed E-state index contributed by atoms with van der Waals surface area (Å²) in [6.45, 7) is 9.27. The third-order valence-corrected chi connectivity index (χ3v) is 3.51. The van der Waals surface area contributed by atoms with E-state index in [1.165, 1.54) is 38.9 Å². The van der Waals surface area contributed by atoms with Crippen molar-refractivity contribution in [2.24, 2.45) is 5.92 Å². The third-order valence-electron chi connectivity index (χ3n) is 3.51. The zero-order valence-electron chi connectivity index (χ0n) is 9.87. The molecule has 0 bridgehead atoms. The van der Waals surface area contributed by atoms with E-state index in [9.17, 15) is 0 Å². The molecule has 2 heterocycles. The van der Waals surface area contributed by atoms with E-state index in [4.69, 9.17) is 4.74 Å². The number of nitrogens with zero attached hydrogens (tertiary/aromatic N) is 1. The third kappa shape index (κ3) is 3.74. The summed E-state index contributed by atoms with van der Waals surface area (Å²) in [5.74, 6) is 0.906. The van der Waals surface area contributed by atoms with Gasteiger partial charge in [-0.25, -0.2) is 0 Å². The van der Waals surface area contributed by atoms with Crippen LogP contribution in [0.5, 0.6) is 0 Å². The monoisotopic (exact) mass is 212 g/mol. The molecule has 2 aliphatic heterocycles. The van der Waals surface area contributed by atoms with Gasteiger partial charge < -0.3 is 15.0 Å². The van der Waals surface area contributed by atoms with Gasteiger partial charge in [-0.05, 0) is 31.7 Å². The van der Waals surface area contributed by atoms with Gasteiger partial charge in [-0.1, -0.05) is 6.92 Å². The number of hydrogen-bond acceptors (Lipinski definition) is 3. The largest absolute Gasteiger partial charge is 0.377 e. The first-order chi connectivity index (χ1) is 7.34. The van der Waals surface area contributed by atoms with E-state index in [1.54, 1.807) is 0 Å². The second-order valence-electron chi connectivity index (χ2n) is 5.03. The van der Waals surface area contributed by atoms with Gasteiger partial charge in [-0.15, -0.1) is 0 Å². The number of nitrogens with one attached hydrogen (secondary N) is 1. The normalized spacial score (nSPS) is 32.6. The second-order valence-corrected chi connectivity index (χ2v) is 5.03. The standard InChI is InChI=1S/C12H24N2O/c1-11-4-6-14(10-11)7-5-13-9-12-3-2-8-15-12/h11-13H,2-10H2,1H3. The molecule has 0 aliphatic carbocycles. The van der Waals surface area contributed by atoms with Crippen LogP contribution in [0, 0.1) is 5.92 Å². The quantitative estimate of drug-likeness (QED) is 0.691. The summed E-state index contributed by atoms with van der Waals surface area (Å²) in [5.41, 5.74) is 0. The van der Waals surface area contributed by atoms with E-state index in [0.29, 0.717) is 6.10 Å². The van der Waals surface area contributed by atoms with Gasteiger partial charge >= 0.3 is 0 Å². The number of likely N-dealkylation sites (tertiary alicyclic amines) is 1. The van der Waals surface area contributed by atoms with Gasteiger partial charge in [0.2, 0.25) is 0 Å². The highest BCUT2D eigenvalue weighted by atomic mass is 16.5. The average Bonchev–Trinajstić information content (AvgIpc) is 2.84. The summed E-state index contributed by atoms with van der Waals surface area (Å²) in [7, 11) is 0. The topological polar surface area (TPSA) is 24.5 Å². The van der Waals surface area contributed by atoms with Crippen molar-refractivity contribution in [3.63, 3.8) is 0 Å². The lowest BCUT2D eigenvalue weighted by atomic mass is 10.2. The number of rotatable bonds is 5. The Hall–Kier alpha value is -0.120. The van der Waals surface area contributed by atoms with Crippen LogP contribution >= 0.6 is 0 Å². The Morgan fingerprint density at radius 3 is 3.00 bits per heavy atom. The maximum atomic E-state index is 5.57. The first-order valence-corrected chi connectivity index (χ1v) is 6.39. The van der Waals surface area contributed by atoms with E-state index in [1.807, 2.05) is 0 Å². The fourth-order valence-corrected chi connectivity index (χ4v) is 2.53. The fraction of sp³-hybridized carbons (Fsp3) is 1.00. The Kier molecular flexibility index (Phi) is 4.42. The average molecular weight is 212 g/mol. The molecule has 0 aromatic heterocycles. The molecule has 0 aromatic carbocycles. The highest BCUT2D eigenvalue weighted by Gasteiger charge is 2.18. The molecule has 0 aromatic rings. The van der Waals surface area contributed by atoms with Crippen molar-refractivity contribution in [3.05, 3.63) is 0 Å². The number of ether oxygens (including phenoxy) is 1. The zero-order chi connectivity index (χ0) is 10.5. The Labute approximate surface area is 93.2 Å². The molecule has 2 rings (SSSR count). The van der Waals surface area contributed by atoms with Gasteiger partial charge in [-0.2, -0.15) is 0 Å². The van der Waals surface area contributed by atoms with Gasteiger partial charge in [0, 0.05) is 32.8 Å². The molecule has 2 atom stereocenters. The van der Waals surface area contributed by atoms with E-state index >= 15 is 0 Å². The van der Waals surface area contributed by atoms with Gasteiger partial charge in [0.05, 0.1) is 6.10 Å². The van der Waals surface area contributed by atoms with E-state index in [2.05, 4.69) is 17.1 Å². The van der Waals surface area contributed by atoms with Gasteiger partial charge in [-0.3, -0.25) is 0 Å². The zero-order valence-corrected chi connectivity index (χ0v) is 9.87. The first kappa shape index (κ1) is 11.4. The Morgan fingerprint density at radius 1 is 1.40 bits per heavy atom. The molecule has 0 spiro atoms. The predicted molar refractivity (Wildman–Crippen MR) is 62.1 cm³/mol. The van der Waals surface area contributed by atoms with Crippen molar-refractivity contribution in [3.8, 4) is 0 Å². The van der Waals surface area contributed by atoms with Crippen molar-refractivity contribution in [2.75, 3.05) is 39.3 Å². The van der Waals surface area contributed by atoms with Crippen LogP contribution in [0.25, 0.3) is 0 Å². The maximum absolute atomic E-state index is 5.57. The van der Waals surface area contributed by atoms with Crippen LogP contribution in [0.3, 0.4) is 0 Å². The van der Waals surface area contributed by atoms with E-state index in [-0.39, 0.29) is 0 Å². The molecule has 3 heteroatoms. The highest BCUT2D eigenvalue weighted by Crippen LogP contribution is 2.14. The molecule has 1 N–H and O–H groups in total. The van der Waals surface area contributed by atoms with Gasteiger partial charge in [0.1, 0.15) is 0 Å². The molecule has 3 nitrogen and oxygen atoms in total. The van der Waals surface area contributed by atoms with Crippen LogP contribution in [0.1, 0.15) is 26.2 Å². The minimum absolute atomic E-state index is 0.488. The number of hydrogen-bond donors (Lipinski definition) is 1. The molecule has 0 amide bonds. The van der Waals surface area contributed by atoms with Crippen LogP contribution in [-0.2, 0) is 4.74 Å². The van der Waals surface area contributed by atoms with Crippen molar-refractivity contribution in [1.29, 1.82) is 0 Å². The summed E-state index contributed by atoms with van der Waals surface area (Å²) in [4.78, 5) is 2.56. The molecule has 88 valence electrons. The SMILES string of the molecule is CC1CCN(CCNCC2CCCO2)C1. The molecule has 2 fully saturated rings. The molecular weight excluding hydrogens is 188 g/mol. The molecule has 0 radical (unpaired) electrons. The highest BCUT2D eigenvalue weighted by molar-refractivity contribution is 4.73. The maximum Gasteiger partial charge on any atom is 0.0700 e. The first-order valence-electron chi connectivity index (χ1n) is 6.39. The van der Waals surface area contributed by atoms with Gasteiger partial charge in [0.15, 0.2) is 0 Å². The van der Waals surface area contributed by atoms with Crippen LogP contribution in [0.4, 0.5) is 0 Å². The molecule has 2 saturated heterocycles. The van der Waals surface area contributed by atoms with Crippen molar-refractivity contribution in [2.45, 2.75) is 32.3 Å². The lowest BCUT2D eigenvalue weighted by Crippen LogP contribution is -2.34. The molecular formula is C12H24N2O. The van der Waals surface area contributed by atoms with E-state index < -0.39 is 0 Å². The van der Waals surface area contributed by atoms with Crippen LogP contribution in [-0.4, -0.2) is 50.3 Å². The van der Waals surface area contributed by atoms with Gasteiger partial charge in [0.25, 0.3) is 0 Å². The summed E-state index contributed by atoms with van der Waals surface area (Å²) in [6, 6.07) is 0. The summed E-state index contributed by atoms with van der Waals surface area (Å²) in [6.07, 6.45) is 4.36. The summed E-state index contributed by atoms with van der Waals surface area (Å²) in [5, 5.41) is 3.50. The summed E-state index contributed by atoms with van der Waals surface area (Å²) < 4.78 is 5.57.